The van der Waals surface area contributed by atoms with Crippen molar-refractivity contribution in [1.82, 2.24) is 9.97 Å². The molecule has 130 valence electrons. The highest BCUT2D eigenvalue weighted by atomic mass is 35.5. The summed E-state index contributed by atoms with van der Waals surface area (Å²) in [7, 11) is 0. The lowest BCUT2D eigenvalue weighted by Gasteiger charge is -2.31. The van der Waals surface area contributed by atoms with Gasteiger partial charge in [0.05, 0.1) is 17.9 Å². The van der Waals surface area contributed by atoms with Gasteiger partial charge >= 0.3 is 0 Å². The van der Waals surface area contributed by atoms with Gasteiger partial charge in [0.25, 0.3) is 0 Å². The Morgan fingerprint density at radius 2 is 2.16 bits per heavy atom. The van der Waals surface area contributed by atoms with E-state index in [1.807, 2.05) is 12.1 Å². The highest BCUT2D eigenvalue weighted by Gasteiger charge is 2.31. The van der Waals surface area contributed by atoms with E-state index in [0.29, 0.717) is 10.9 Å². The SMILES string of the molecule is Cc1ccc(CC(=O)c2cnc(Cl)cn2)cc1C1(C)CCSC(N)=N1. The number of aromatic nitrogens is 2. The van der Waals surface area contributed by atoms with Crippen LogP contribution < -0.4 is 5.73 Å². The molecule has 1 aliphatic rings. The second-order valence-corrected chi connectivity index (χ2v) is 7.80. The van der Waals surface area contributed by atoms with Crippen LogP contribution in [0.1, 0.15) is 40.5 Å². The van der Waals surface area contributed by atoms with Crippen molar-refractivity contribution in [1.29, 1.82) is 0 Å². The average molecular weight is 375 g/mol. The van der Waals surface area contributed by atoms with Crippen LogP contribution in [0.25, 0.3) is 0 Å². The van der Waals surface area contributed by atoms with Crippen LogP contribution in [0.5, 0.6) is 0 Å². The number of hydrogen-bond donors (Lipinski definition) is 1. The molecule has 2 heterocycles. The third-order valence-electron chi connectivity index (χ3n) is 4.35. The molecule has 7 heteroatoms. The molecule has 1 atom stereocenters. The van der Waals surface area contributed by atoms with E-state index in [4.69, 9.17) is 17.3 Å². The van der Waals surface area contributed by atoms with Gasteiger partial charge in [-0.25, -0.2) is 9.97 Å². The highest BCUT2D eigenvalue weighted by molar-refractivity contribution is 8.13. The monoisotopic (exact) mass is 374 g/mol. The summed E-state index contributed by atoms with van der Waals surface area (Å²) in [6.07, 6.45) is 3.96. The summed E-state index contributed by atoms with van der Waals surface area (Å²) in [6.45, 7) is 4.16. The number of aliphatic imine (C=N–C) groups is 1. The maximum absolute atomic E-state index is 12.4. The number of ketones is 1. The van der Waals surface area contributed by atoms with Crippen molar-refractivity contribution in [2.75, 3.05) is 5.75 Å². The van der Waals surface area contributed by atoms with E-state index >= 15 is 0 Å². The van der Waals surface area contributed by atoms with Crippen LogP contribution in [0, 0.1) is 6.92 Å². The first-order chi connectivity index (χ1) is 11.9. The number of benzene rings is 1. The fourth-order valence-corrected chi connectivity index (χ4v) is 4.04. The molecule has 0 saturated heterocycles. The molecule has 0 radical (unpaired) electrons. The summed E-state index contributed by atoms with van der Waals surface area (Å²) in [5.41, 5.74) is 9.09. The lowest BCUT2D eigenvalue weighted by molar-refractivity contribution is 0.0988. The molecule has 2 N–H and O–H groups in total. The zero-order valence-electron chi connectivity index (χ0n) is 14.1. The molecule has 1 aromatic heterocycles. The zero-order chi connectivity index (χ0) is 18.0. The second kappa shape index (κ2) is 7.14. The summed E-state index contributed by atoms with van der Waals surface area (Å²) in [5.74, 6) is 0.848. The van der Waals surface area contributed by atoms with Gasteiger partial charge in [0, 0.05) is 12.2 Å². The molecule has 1 aromatic carbocycles. The maximum Gasteiger partial charge on any atom is 0.187 e. The Morgan fingerprint density at radius 3 is 2.84 bits per heavy atom. The number of Topliss-reactive ketones (excluding diaryl/α,β-unsaturated/α-hetero) is 1. The number of hydrogen-bond acceptors (Lipinski definition) is 6. The summed E-state index contributed by atoms with van der Waals surface area (Å²) >= 11 is 7.30. The van der Waals surface area contributed by atoms with E-state index < -0.39 is 0 Å². The topological polar surface area (TPSA) is 81.2 Å². The van der Waals surface area contributed by atoms with Crippen molar-refractivity contribution >= 4 is 34.3 Å². The van der Waals surface area contributed by atoms with Gasteiger partial charge in [-0.1, -0.05) is 41.6 Å². The predicted molar refractivity (Wildman–Crippen MR) is 102 cm³/mol. The minimum absolute atomic E-state index is 0.0914. The molecule has 2 aromatic rings. The van der Waals surface area contributed by atoms with Crippen LogP contribution in [0.2, 0.25) is 5.15 Å². The fourth-order valence-electron chi connectivity index (χ4n) is 2.97. The van der Waals surface area contributed by atoms with Gasteiger partial charge in [-0.2, -0.15) is 0 Å². The number of carbonyl (C=O) groups excluding carboxylic acids is 1. The van der Waals surface area contributed by atoms with Gasteiger partial charge in [-0.3, -0.25) is 9.79 Å². The second-order valence-electron chi connectivity index (χ2n) is 6.30. The first-order valence-electron chi connectivity index (χ1n) is 7.96. The van der Waals surface area contributed by atoms with Gasteiger partial charge in [-0.15, -0.1) is 0 Å². The van der Waals surface area contributed by atoms with Crippen LogP contribution in [0.3, 0.4) is 0 Å². The molecule has 1 unspecified atom stereocenters. The Bertz CT molecular complexity index is 837. The van der Waals surface area contributed by atoms with E-state index in [-0.39, 0.29) is 22.9 Å². The number of nitrogens with two attached hydrogens (primary N) is 1. The lowest BCUT2D eigenvalue weighted by Crippen LogP contribution is -2.29. The van der Waals surface area contributed by atoms with Crippen molar-refractivity contribution in [2.24, 2.45) is 10.7 Å². The molecule has 0 amide bonds. The van der Waals surface area contributed by atoms with Crippen molar-refractivity contribution in [2.45, 2.75) is 32.2 Å². The summed E-state index contributed by atoms with van der Waals surface area (Å²) in [5, 5.41) is 0.888. The molecule has 5 nitrogen and oxygen atoms in total. The van der Waals surface area contributed by atoms with Gasteiger partial charge in [0.2, 0.25) is 0 Å². The van der Waals surface area contributed by atoms with Crippen LogP contribution in [-0.4, -0.2) is 26.7 Å². The smallest absolute Gasteiger partial charge is 0.187 e. The van der Waals surface area contributed by atoms with Gasteiger partial charge in [0.1, 0.15) is 10.8 Å². The van der Waals surface area contributed by atoms with Crippen LogP contribution >= 0.6 is 23.4 Å². The normalized spacial score (nSPS) is 20.2. The van der Waals surface area contributed by atoms with Crippen LogP contribution in [0.15, 0.2) is 35.6 Å². The number of nitrogens with zero attached hydrogens (tertiary/aromatic N) is 3. The number of aryl methyl sites for hydroxylation is 1. The van der Waals surface area contributed by atoms with Gasteiger partial charge in [0.15, 0.2) is 11.0 Å². The number of rotatable bonds is 4. The molecule has 0 aliphatic carbocycles. The Labute approximate surface area is 156 Å². The molecule has 25 heavy (non-hydrogen) atoms. The van der Waals surface area contributed by atoms with E-state index in [1.165, 1.54) is 12.4 Å². The number of amidine groups is 1. The van der Waals surface area contributed by atoms with Gasteiger partial charge in [-0.05, 0) is 37.0 Å². The maximum atomic E-state index is 12.4. The molecule has 3 rings (SSSR count). The lowest BCUT2D eigenvalue weighted by atomic mass is 9.85. The van der Waals surface area contributed by atoms with Crippen molar-refractivity contribution in [3.63, 3.8) is 0 Å². The van der Waals surface area contributed by atoms with E-state index in [1.54, 1.807) is 11.8 Å². The van der Waals surface area contributed by atoms with Gasteiger partial charge < -0.3 is 5.73 Å². The molecule has 1 aliphatic heterocycles. The van der Waals surface area contributed by atoms with Crippen molar-refractivity contribution in [3.05, 3.63) is 58.1 Å². The quantitative estimate of drug-likeness (QED) is 0.828. The standard InChI is InChI=1S/C18H19ClN4OS/c1-11-3-4-12(8-15(24)14-9-22-16(19)10-21-14)7-13(11)18(2)5-6-25-17(20)23-18/h3-4,7,9-10H,5-6,8H2,1-2H3,(H2,20,23). The number of halogens is 1. The minimum Gasteiger partial charge on any atom is -0.379 e. The van der Waals surface area contributed by atoms with E-state index in [0.717, 1.165) is 28.9 Å². The molecular formula is C18H19ClN4OS. The number of carbonyl (C=O) groups is 1. The molecule has 0 saturated carbocycles. The fraction of sp³-hybridized carbons (Fsp3) is 0.333. The zero-order valence-corrected chi connectivity index (χ0v) is 15.7. The Hall–Kier alpha value is -1.92. The Balaban J connectivity index is 1.88. The molecule has 0 bridgehead atoms. The predicted octanol–water partition coefficient (Wildman–Crippen LogP) is 3.53. The van der Waals surface area contributed by atoms with Crippen molar-refractivity contribution in [3.8, 4) is 0 Å². The third-order valence-corrected chi connectivity index (χ3v) is 5.34. The summed E-state index contributed by atoms with van der Waals surface area (Å²) < 4.78 is 0. The van der Waals surface area contributed by atoms with Crippen molar-refractivity contribution < 1.29 is 4.79 Å². The third kappa shape index (κ3) is 4.02. The molecule has 0 spiro atoms. The molecular weight excluding hydrogens is 356 g/mol. The molecule has 0 fully saturated rings. The first kappa shape index (κ1) is 17.9. The minimum atomic E-state index is -0.349. The van der Waals surface area contributed by atoms with E-state index in [2.05, 4.69) is 34.9 Å². The number of thioether (sulfide) groups is 1. The average Bonchev–Trinajstić information content (AvgIpc) is 2.57. The largest absolute Gasteiger partial charge is 0.379 e. The van der Waals surface area contributed by atoms with Crippen LogP contribution in [-0.2, 0) is 12.0 Å². The first-order valence-corrected chi connectivity index (χ1v) is 9.33. The summed E-state index contributed by atoms with van der Waals surface area (Å²) in [6, 6.07) is 6.06. The van der Waals surface area contributed by atoms with E-state index in [9.17, 15) is 4.79 Å². The summed E-state index contributed by atoms with van der Waals surface area (Å²) in [4.78, 5) is 25.1. The Morgan fingerprint density at radius 1 is 1.36 bits per heavy atom. The highest BCUT2D eigenvalue weighted by Crippen LogP contribution is 2.37. The Kier molecular flexibility index (Phi) is 5.11. The van der Waals surface area contributed by atoms with Crippen LogP contribution in [0.4, 0.5) is 0 Å².